The number of carbonyl (C=O) groups is 1. The summed E-state index contributed by atoms with van der Waals surface area (Å²) in [5, 5.41) is 0. The highest BCUT2D eigenvalue weighted by molar-refractivity contribution is 5.79. The molecule has 0 N–H and O–H groups in total. The molecule has 1 aliphatic heterocycles. The van der Waals surface area contributed by atoms with Crippen LogP contribution in [0, 0.1) is 6.92 Å². The predicted molar refractivity (Wildman–Crippen MR) is 32.8 cm³/mol. The lowest BCUT2D eigenvalue weighted by Gasteiger charge is -1.99. The molecule has 0 unspecified atom stereocenters. The SMILES string of the molecule is [CH2]COCC(=O)N1CC1. The first-order valence-corrected chi connectivity index (χ1v) is 2.99. The predicted octanol–water partition coefficient (Wildman–Crippen LogP) is -0.321. The van der Waals surface area contributed by atoms with Crippen LogP contribution in [0.2, 0.25) is 0 Å². The highest BCUT2D eigenvalue weighted by Gasteiger charge is 2.23. The molecule has 0 spiro atoms. The molecule has 0 saturated carbocycles. The van der Waals surface area contributed by atoms with Crippen molar-refractivity contribution in [2.24, 2.45) is 0 Å². The Labute approximate surface area is 54.6 Å². The molecule has 0 aliphatic carbocycles. The maximum atomic E-state index is 10.7. The second-order valence-corrected chi connectivity index (χ2v) is 1.93. The molecule has 1 radical (unpaired) electrons. The van der Waals surface area contributed by atoms with Gasteiger partial charge in [0.25, 0.3) is 0 Å². The van der Waals surface area contributed by atoms with Gasteiger partial charge in [0.2, 0.25) is 5.91 Å². The molecular formula is C6H10NO2. The third-order valence-electron chi connectivity index (χ3n) is 1.17. The van der Waals surface area contributed by atoms with Gasteiger partial charge >= 0.3 is 0 Å². The van der Waals surface area contributed by atoms with Crippen LogP contribution in [-0.2, 0) is 9.53 Å². The lowest BCUT2D eigenvalue weighted by atomic mass is 10.6. The maximum absolute atomic E-state index is 10.7. The van der Waals surface area contributed by atoms with Crippen molar-refractivity contribution in [3.63, 3.8) is 0 Å². The van der Waals surface area contributed by atoms with E-state index < -0.39 is 0 Å². The number of rotatable bonds is 3. The fourth-order valence-corrected chi connectivity index (χ4v) is 0.550. The van der Waals surface area contributed by atoms with Crippen LogP contribution >= 0.6 is 0 Å². The minimum Gasteiger partial charge on any atom is -0.372 e. The largest absolute Gasteiger partial charge is 0.372 e. The Kier molecular flexibility index (Phi) is 2.05. The summed E-state index contributed by atoms with van der Waals surface area (Å²) in [7, 11) is 0. The zero-order valence-electron chi connectivity index (χ0n) is 5.30. The molecule has 3 nitrogen and oxygen atoms in total. The van der Waals surface area contributed by atoms with E-state index in [2.05, 4.69) is 6.92 Å². The molecule has 0 aromatic rings. The lowest BCUT2D eigenvalue weighted by Crippen LogP contribution is -2.17. The van der Waals surface area contributed by atoms with Gasteiger partial charge in [0.1, 0.15) is 6.61 Å². The van der Waals surface area contributed by atoms with Gasteiger partial charge in [-0.1, -0.05) is 0 Å². The fraction of sp³-hybridized carbons (Fsp3) is 0.667. The Morgan fingerprint density at radius 2 is 2.33 bits per heavy atom. The van der Waals surface area contributed by atoms with E-state index in [0.29, 0.717) is 6.61 Å². The topological polar surface area (TPSA) is 29.3 Å². The van der Waals surface area contributed by atoms with Gasteiger partial charge < -0.3 is 9.64 Å². The average molecular weight is 128 g/mol. The van der Waals surface area contributed by atoms with Gasteiger partial charge in [0, 0.05) is 19.7 Å². The summed E-state index contributed by atoms with van der Waals surface area (Å²) in [6, 6.07) is 0. The minimum atomic E-state index is 0.0821. The third-order valence-corrected chi connectivity index (χ3v) is 1.17. The normalized spacial score (nSPS) is 15.9. The summed E-state index contributed by atoms with van der Waals surface area (Å²) in [5.41, 5.74) is 0. The second-order valence-electron chi connectivity index (χ2n) is 1.93. The van der Waals surface area contributed by atoms with Crippen LogP contribution in [0.3, 0.4) is 0 Å². The van der Waals surface area contributed by atoms with Crippen molar-refractivity contribution in [2.75, 3.05) is 26.3 Å². The number of ether oxygens (including phenoxy) is 1. The standard InChI is InChI=1S/C6H10NO2/c1-2-9-5-6(8)7-3-4-7/h1-5H2. The fourth-order valence-electron chi connectivity index (χ4n) is 0.550. The van der Waals surface area contributed by atoms with E-state index in [9.17, 15) is 4.79 Å². The Morgan fingerprint density at radius 1 is 1.67 bits per heavy atom. The molecule has 9 heavy (non-hydrogen) atoms. The third kappa shape index (κ3) is 2.01. The van der Waals surface area contributed by atoms with Crippen molar-refractivity contribution in [2.45, 2.75) is 0 Å². The highest BCUT2D eigenvalue weighted by atomic mass is 16.5. The molecule has 3 heteroatoms. The molecule has 0 atom stereocenters. The summed E-state index contributed by atoms with van der Waals surface area (Å²) in [6.07, 6.45) is 0. The maximum Gasteiger partial charge on any atom is 0.248 e. The zero-order chi connectivity index (χ0) is 6.69. The second kappa shape index (κ2) is 2.82. The van der Waals surface area contributed by atoms with Gasteiger partial charge in [-0.25, -0.2) is 0 Å². The first-order valence-electron chi connectivity index (χ1n) is 2.99. The van der Waals surface area contributed by atoms with E-state index in [0.717, 1.165) is 13.1 Å². The van der Waals surface area contributed by atoms with Gasteiger partial charge in [0.15, 0.2) is 0 Å². The van der Waals surface area contributed by atoms with Crippen molar-refractivity contribution in [1.29, 1.82) is 0 Å². The molecule has 1 saturated heterocycles. The van der Waals surface area contributed by atoms with E-state index in [1.54, 1.807) is 4.90 Å². The van der Waals surface area contributed by atoms with Crippen LogP contribution in [0.25, 0.3) is 0 Å². The van der Waals surface area contributed by atoms with Crippen LogP contribution in [0.5, 0.6) is 0 Å². The van der Waals surface area contributed by atoms with E-state index in [1.165, 1.54) is 0 Å². The van der Waals surface area contributed by atoms with Crippen molar-refractivity contribution in [3.05, 3.63) is 6.92 Å². The Hall–Kier alpha value is -0.570. The molecule has 1 aliphatic rings. The Morgan fingerprint density at radius 3 is 2.78 bits per heavy atom. The van der Waals surface area contributed by atoms with Crippen LogP contribution < -0.4 is 0 Å². The summed E-state index contributed by atoms with van der Waals surface area (Å²) >= 11 is 0. The van der Waals surface area contributed by atoms with Crippen molar-refractivity contribution in [1.82, 2.24) is 4.90 Å². The Bertz CT molecular complexity index is 110. The number of hydrogen-bond acceptors (Lipinski definition) is 2. The van der Waals surface area contributed by atoms with Crippen LogP contribution in [-0.4, -0.2) is 37.1 Å². The monoisotopic (exact) mass is 128 g/mol. The Balaban J connectivity index is 2.03. The van der Waals surface area contributed by atoms with E-state index >= 15 is 0 Å². The molecule has 0 aromatic heterocycles. The van der Waals surface area contributed by atoms with Gasteiger partial charge in [-0.05, 0) is 6.92 Å². The van der Waals surface area contributed by atoms with E-state index in [4.69, 9.17) is 4.74 Å². The summed E-state index contributed by atoms with van der Waals surface area (Å²) in [5.74, 6) is 0.0821. The zero-order valence-corrected chi connectivity index (χ0v) is 5.30. The molecule has 0 bridgehead atoms. The number of carbonyl (C=O) groups excluding carboxylic acids is 1. The van der Waals surface area contributed by atoms with Crippen molar-refractivity contribution >= 4 is 5.91 Å². The quantitative estimate of drug-likeness (QED) is 0.487. The molecule has 1 rings (SSSR count). The van der Waals surface area contributed by atoms with Gasteiger partial charge in [-0.15, -0.1) is 0 Å². The molecule has 1 heterocycles. The van der Waals surface area contributed by atoms with Gasteiger partial charge in [-0.2, -0.15) is 0 Å². The van der Waals surface area contributed by atoms with Crippen molar-refractivity contribution < 1.29 is 9.53 Å². The van der Waals surface area contributed by atoms with Crippen LogP contribution in [0.1, 0.15) is 0 Å². The molecule has 1 fully saturated rings. The number of amides is 1. The van der Waals surface area contributed by atoms with Gasteiger partial charge in [0.05, 0.1) is 0 Å². The minimum absolute atomic E-state index is 0.0821. The van der Waals surface area contributed by atoms with Crippen LogP contribution in [0.4, 0.5) is 0 Å². The first-order chi connectivity index (χ1) is 4.34. The number of hydrogen-bond donors (Lipinski definition) is 0. The molecule has 0 aromatic carbocycles. The van der Waals surface area contributed by atoms with Crippen molar-refractivity contribution in [3.8, 4) is 0 Å². The lowest BCUT2D eigenvalue weighted by molar-refractivity contribution is -0.130. The first kappa shape index (κ1) is 6.55. The summed E-state index contributed by atoms with van der Waals surface area (Å²) in [6.45, 7) is 5.82. The van der Waals surface area contributed by atoms with Crippen LogP contribution in [0.15, 0.2) is 0 Å². The highest BCUT2D eigenvalue weighted by Crippen LogP contribution is 2.02. The average Bonchev–Trinajstić information content (AvgIpc) is 2.63. The van der Waals surface area contributed by atoms with E-state index in [1.807, 2.05) is 0 Å². The summed E-state index contributed by atoms with van der Waals surface area (Å²) in [4.78, 5) is 12.5. The van der Waals surface area contributed by atoms with E-state index in [-0.39, 0.29) is 12.5 Å². The number of nitrogens with zero attached hydrogens (tertiary/aromatic N) is 1. The molecule has 1 amide bonds. The molecular weight excluding hydrogens is 118 g/mol. The van der Waals surface area contributed by atoms with Gasteiger partial charge in [-0.3, -0.25) is 4.79 Å². The summed E-state index contributed by atoms with van der Waals surface area (Å²) < 4.78 is 4.79. The smallest absolute Gasteiger partial charge is 0.248 e. The molecule has 51 valence electrons.